The summed E-state index contributed by atoms with van der Waals surface area (Å²) >= 11 is 0. The Bertz CT molecular complexity index is 197. The molecule has 1 N–H and O–H groups in total. The second kappa shape index (κ2) is 8.06. The first-order valence-corrected chi connectivity index (χ1v) is 7.04. The summed E-state index contributed by atoms with van der Waals surface area (Å²) in [6.45, 7) is 8.19. The minimum absolute atomic E-state index is 0.446. The molecule has 0 aliphatic heterocycles. The lowest BCUT2D eigenvalue weighted by Gasteiger charge is -2.33. The molecule has 1 fully saturated rings. The molecule has 0 aromatic carbocycles. The van der Waals surface area contributed by atoms with Crippen LogP contribution in [-0.2, 0) is 9.47 Å². The topological polar surface area (TPSA) is 30.5 Å². The van der Waals surface area contributed by atoms with Crippen LogP contribution in [0, 0.1) is 5.92 Å². The van der Waals surface area contributed by atoms with Crippen LogP contribution in [0.1, 0.15) is 46.5 Å². The minimum atomic E-state index is 0.446. The van der Waals surface area contributed by atoms with Crippen molar-refractivity contribution in [1.29, 1.82) is 0 Å². The van der Waals surface area contributed by atoms with Gasteiger partial charge in [-0.05, 0) is 38.5 Å². The molecule has 3 unspecified atom stereocenters. The fraction of sp³-hybridized carbons (Fsp3) is 1.00. The van der Waals surface area contributed by atoms with Gasteiger partial charge in [0.05, 0.1) is 12.7 Å². The highest BCUT2D eigenvalue weighted by atomic mass is 16.5. The number of nitrogens with one attached hydrogen (secondary N) is 1. The number of methoxy groups -OCH3 is 1. The predicted molar refractivity (Wildman–Crippen MR) is 71.3 cm³/mol. The molecule has 1 aliphatic rings. The van der Waals surface area contributed by atoms with E-state index >= 15 is 0 Å². The van der Waals surface area contributed by atoms with Crippen LogP contribution in [0.3, 0.4) is 0 Å². The molecule has 1 aliphatic carbocycles. The maximum absolute atomic E-state index is 5.56. The fourth-order valence-electron chi connectivity index (χ4n) is 2.49. The molecule has 3 nitrogen and oxygen atoms in total. The standard InChI is InChI=1S/C14H29NO2/c1-5-17-10-14(11(2)3)15-12-7-6-8-13(9-12)16-4/h11-15H,5-10H2,1-4H3. The molecule has 0 aromatic heterocycles. The van der Waals surface area contributed by atoms with E-state index in [1.165, 1.54) is 19.3 Å². The summed E-state index contributed by atoms with van der Waals surface area (Å²) in [6, 6.07) is 1.07. The SMILES string of the molecule is CCOCC(NC1CCCC(OC)C1)C(C)C. The van der Waals surface area contributed by atoms with E-state index in [2.05, 4.69) is 26.1 Å². The first kappa shape index (κ1) is 14.9. The van der Waals surface area contributed by atoms with E-state index in [1.54, 1.807) is 0 Å². The van der Waals surface area contributed by atoms with E-state index in [1.807, 2.05) is 7.11 Å². The van der Waals surface area contributed by atoms with Crippen molar-refractivity contribution in [3.63, 3.8) is 0 Å². The molecule has 17 heavy (non-hydrogen) atoms. The maximum Gasteiger partial charge on any atom is 0.0622 e. The number of ether oxygens (including phenoxy) is 2. The molecule has 0 spiro atoms. The monoisotopic (exact) mass is 243 g/mol. The van der Waals surface area contributed by atoms with Crippen LogP contribution in [0.5, 0.6) is 0 Å². The summed E-state index contributed by atoms with van der Waals surface area (Å²) in [5.41, 5.74) is 0. The lowest BCUT2D eigenvalue weighted by atomic mass is 9.91. The zero-order chi connectivity index (χ0) is 12.7. The Morgan fingerprint density at radius 3 is 2.65 bits per heavy atom. The lowest BCUT2D eigenvalue weighted by Crippen LogP contribution is -2.47. The van der Waals surface area contributed by atoms with E-state index < -0.39 is 0 Å². The fourth-order valence-corrected chi connectivity index (χ4v) is 2.49. The van der Waals surface area contributed by atoms with Gasteiger partial charge in [0.1, 0.15) is 0 Å². The summed E-state index contributed by atoms with van der Waals surface area (Å²) in [5.74, 6) is 0.615. The zero-order valence-corrected chi connectivity index (χ0v) is 11.9. The van der Waals surface area contributed by atoms with Crippen LogP contribution in [0.4, 0.5) is 0 Å². The van der Waals surface area contributed by atoms with E-state index in [0.29, 0.717) is 24.1 Å². The lowest BCUT2D eigenvalue weighted by molar-refractivity contribution is 0.0478. The van der Waals surface area contributed by atoms with Gasteiger partial charge in [0.15, 0.2) is 0 Å². The second-order valence-corrected chi connectivity index (χ2v) is 5.40. The molecule has 1 saturated carbocycles. The van der Waals surface area contributed by atoms with E-state index in [4.69, 9.17) is 9.47 Å². The third kappa shape index (κ3) is 5.36. The molecule has 0 aromatic rings. The Kier molecular flexibility index (Phi) is 7.09. The van der Waals surface area contributed by atoms with Gasteiger partial charge in [-0.25, -0.2) is 0 Å². The third-order valence-electron chi connectivity index (χ3n) is 3.72. The smallest absolute Gasteiger partial charge is 0.0622 e. The first-order valence-electron chi connectivity index (χ1n) is 7.04. The van der Waals surface area contributed by atoms with Crippen molar-refractivity contribution in [2.24, 2.45) is 5.92 Å². The highest BCUT2D eigenvalue weighted by Crippen LogP contribution is 2.21. The maximum atomic E-state index is 5.56. The van der Waals surface area contributed by atoms with Crippen LogP contribution in [-0.4, -0.2) is 38.5 Å². The van der Waals surface area contributed by atoms with Crippen LogP contribution in [0.15, 0.2) is 0 Å². The highest BCUT2D eigenvalue weighted by molar-refractivity contribution is 4.82. The van der Waals surface area contributed by atoms with Crippen LogP contribution >= 0.6 is 0 Å². The molecule has 3 atom stereocenters. The Labute approximate surface area is 106 Å². The van der Waals surface area contributed by atoms with E-state index in [9.17, 15) is 0 Å². The van der Waals surface area contributed by atoms with Crippen LogP contribution in [0.2, 0.25) is 0 Å². The Hall–Kier alpha value is -0.120. The van der Waals surface area contributed by atoms with Gasteiger partial charge < -0.3 is 14.8 Å². The molecule has 0 amide bonds. The van der Waals surface area contributed by atoms with E-state index in [0.717, 1.165) is 19.6 Å². The molecule has 102 valence electrons. The summed E-state index contributed by atoms with van der Waals surface area (Å²) in [7, 11) is 1.83. The van der Waals surface area contributed by atoms with Crippen molar-refractivity contribution in [2.45, 2.75) is 64.6 Å². The molecular formula is C14H29NO2. The van der Waals surface area contributed by atoms with Gasteiger partial charge in [-0.1, -0.05) is 13.8 Å². The van der Waals surface area contributed by atoms with Gasteiger partial charge in [0.2, 0.25) is 0 Å². The third-order valence-corrected chi connectivity index (χ3v) is 3.72. The molecule has 0 saturated heterocycles. The molecule has 0 heterocycles. The number of hydrogen-bond donors (Lipinski definition) is 1. The number of hydrogen-bond acceptors (Lipinski definition) is 3. The molecule has 3 heteroatoms. The Morgan fingerprint density at radius 1 is 1.29 bits per heavy atom. The first-order chi connectivity index (χ1) is 8.17. The largest absolute Gasteiger partial charge is 0.381 e. The van der Waals surface area contributed by atoms with Gasteiger partial charge in [0.25, 0.3) is 0 Å². The summed E-state index contributed by atoms with van der Waals surface area (Å²) in [5, 5.41) is 3.75. The Morgan fingerprint density at radius 2 is 2.06 bits per heavy atom. The van der Waals surface area contributed by atoms with Gasteiger partial charge in [0, 0.05) is 25.8 Å². The van der Waals surface area contributed by atoms with Crippen molar-refractivity contribution < 1.29 is 9.47 Å². The molecule has 0 bridgehead atoms. The van der Waals surface area contributed by atoms with Gasteiger partial charge >= 0.3 is 0 Å². The normalized spacial score (nSPS) is 27.4. The van der Waals surface area contributed by atoms with Crippen LogP contribution in [0.25, 0.3) is 0 Å². The van der Waals surface area contributed by atoms with Crippen molar-refractivity contribution in [3.05, 3.63) is 0 Å². The Balaban J connectivity index is 2.37. The summed E-state index contributed by atoms with van der Waals surface area (Å²) in [6.07, 6.45) is 5.35. The molecule has 0 radical (unpaired) electrons. The van der Waals surface area contributed by atoms with Gasteiger partial charge in [-0.3, -0.25) is 0 Å². The van der Waals surface area contributed by atoms with Crippen molar-refractivity contribution in [3.8, 4) is 0 Å². The highest BCUT2D eigenvalue weighted by Gasteiger charge is 2.24. The zero-order valence-electron chi connectivity index (χ0n) is 11.9. The number of rotatable bonds is 7. The van der Waals surface area contributed by atoms with Gasteiger partial charge in [-0.2, -0.15) is 0 Å². The van der Waals surface area contributed by atoms with Crippen molar-refractivity contribution in [1.82, 2.24) is 5.32 Å². The van der Waals surface area contributed by atoms with E-state index in [-0.39, 0.29) is 0 Å². The van der Waals surface area contributed by atoms with Gasteiger partial charge in [-0.15, -0.1) is 0 Å². The average molecular weight is 243 g/mol. The molecular weight excluding hydrogens is 214 g/mol. The van der Waals surface area contributed by atoms with Crippen molar-refractivity contribution in [2.75, 3.05) is 20.3 Å². The predicted octanol–water partition coefficient (Wildman–Crippen LogP) is 2.59. The van der Waals surface area contributed by atoms with Crippen LogP contribution < -0.4 is 5.32 Å². The average Bonchev–Trinajstić information content (AvgIpc) is 2.34. The van der Waals surface area contributed by atoms with Crippen molar-refractivity contribution >= 4 is 0 Å². The summed E-state index contributed by atoms with van der Waals surface area (Å²) < 4.78 is 11.0. The minimum Gasteiger partial charge on any atom is -0.381 e. The quantitative estimate of drug-likeness (QED) is 0.745. The second-order valence-electron chi connectivity index (χ2n) is 5.40. The molecule has 1 rings (SSSR count). The summed E-state index contributed by atoms with van der Waals surface area (Å²) in [4.78, 5) is 0.